The number of aromatic amines is 1. The number of para-hydroxylation sites is 1. The Morgan fingerprint density at radius 3 is 2.16 bits per heavy atom. The van der Waals surface area contributed by atoms with E-state index >= 15 is 0 Å². The first-order chi connectivity index (χ1) is 37.5. The molecule has 1 spiro atoms. The second kappa shape index (κ2) is 29.8. The van der Waals surface area contributed by atoms with Crippen molar-refractivity contribution in [1.82, 2.24) is 47.1 Å². The second-order valence-electron chi connectivity index (χ2n) is 20.5. The van der Waals surface area contributed by atoms with Crippen LogP contribution in [0.1, 0.15) is 116 Å². The number of carbonyl (C=O) groups is 11. The average Bonchev–Trinajstić information content (AvgIpc) is 4.11. The predicted octanol–water partition coefficient (Wildman–Crippen LogP) is -1.67. The fraction of sp³-hybridized carbons (Fsp3) is 0.608. The predicted molar refractivity (Wildman–Crippen MR) is 297 cm³/mol. The van der Waals surface area contributed by atoms with E-state index in [1.165, 1.54) is 33.4 Å². The van der Waals surface area contributed by atoms with Gasteiger partial charge in [0.25, 0.3) is 0 Å². The summed E-state index contributed by atoms with van der Waals surface area (Å²) in [6, 6.07) is -3.30. The van der Waals surface area contributed by atoms with Gasteiger partial charge in [-0.1, -0.05) is 79.3 Å². The smallest absolute Gasteiger partial charge is 0.246 e. The largest absolute Gasteiger partial charge is 0.370 e. The highest BCUT2D eigenvalue weighted by Crippen LogP contribution is 2.48. The molecule has 3 fully saturated rings. The van der Waals surface area contributed by atoms with Crippen molar-refractivity contribution in [2.75, 3.05) is 18.8 Å². The summed E-state index contributed by atoms with van der Waals surface area (Å²) in [6.07, 6.45) is 4.81. The Balaban J connectivity index is 1.53. The molecule has 26 nitrogen and oxygen atoms in total. The molecular formula is C51H77N15O11S2. The standard InChI is InChI=1S/C51H77N15O11S2/c1-4-27(2)41-48(76)62-33(16-17-38(52)67)44(72)63-35(23-39(53)68)45(73)64-36(49(77)66-21-11-15-37(66)47(75)61-32(14-10-20-57-50(55)56)43(71)59-28(3)42(54)70)26-78-79-51(18-8-5-9-19-51)24-40(69)60-34(46(74)65-41)22-29-25-58-31-13-7-6-12-30(29)31/h6-7,12-13,25,27-28,32-37,41,58H,4-5,8-11,14-24,26H2,1-3H3,(H2,52,67)(H2,53,68)(H2,54,70)(H,59,71)(H,60,69)(H,61,75)(H,62,76)(H,63,72)(H,64,73)(H,65,74)(H4,55,56,57)/t27-,28-,32-,33-,34+,35-,36-,37-,41-/m0/s1. The van der Waals surface area contributed by atoms with Crippen molar-refractivity contribution >= 4 is 103 Å². The molecule has 3 heterocycles. The fourth-order valence-electron chi connectivity index (χ4n) is 9.81. The van der Waals surface area contributed by atoms with Crippen LogP contribution in [0, 0.1) is 5.92 Å². The monoisotopic (exact) mass is 1140 g/mol. The third-order valence-electron chi connectivity index (χ3n) is 14.4. The summed E-state index contributed by atoms with van der Waals surface area (Å²) >= 11 is 0. The van der Waals surface area contributed by atoms with E-state index in [1.54, 1.807) is 20.0 Å². The first-order valence-corrected chi connectivity index (χ1v) is 29.0. The summed E-state index contributed by atoms with van der Waals surface area (Å²) in [5.74, 6) is -9.81. The number of carbonyl (C=O) groups excluding carboxylic acids is 11. The molecule has 434 valence electrons. The molecule has 1 aliphatic carbocycles. The first kappa shape index (κ1) is 62.7. The summed E-state index contributed by atoms with van der Waals surface area (Å²) in [6.45, 7) is 5.02. The number of nitrogens with one attached hydrogen (secondary N) is 8. The van der Waals surface area contributed by atoms with Crippen LogP contribution < -0.4 is 65.9 Å². The number of rotatable bonds is 19. The van der Waals surface area contributed by atoms with Crippen LogP contribution >= 0.6 is 21.6 Å². The van der Waals surface area contributed by atoms with Gasteiger partial charge in [-0.05, 0) is 69.4 Å². The lowest BCUT2D eigenvalue weighted by molar-refractivity contribution is -0.142. The summed E-state index contributed by atoms with van der Waals surface area (Å²) < 4.78 is -0.729. The highest BCUT2D eigenvalue weighted by molar-refractivity contribution is 8.77. The lowest BCUT2D eigenvalue weighted by Crippen LogP contribution is -2.61. The number of amides is 11. The molecule has 11 amide bonds. The lowest BCUT2D eigenvalue weighted by Gasteiger charge is -2.37. The number of likely N-dealkylation sites (tertiary alicyclic amines) is 1. The number of aliphatic imine (C=N–C) groups is 1. The Labute approximate surface area is 466 Å². The van der Waals surface area contributed by atoms with E-state index in [4.69, 9.17) is 28.7 Å². The Kier molecular flexibility index (Phi) is 23.6. The van der Waals surface area contributed by atoms with Crippen molar-refractivity contribution in [3.63, 3.8) is 0 Å². The minimum absolute atomic E-state index is 0.0171. The highest BCUT2D eigenvalue weighted by atomic mass is 33.1. The molecule has 9 atom stereocenters. The summed E-state index contributed by atoms with van der Waals surface area (Å²) in [4.78, 5) is 160. The van der Waals surface area contributed by atoms with Gasteiger partial charge in [0.15, 0.2) is 5.96 Å². The molecule has 18 N–H and O–H groups in total. The third-order valence-corrected chi connectivity index (χ3v) is 17.7. The van der Waals surface area contributed by atoms with Gasteiger partial charge in [0.2, 0.25) is 65.0 Å². The van der Waals surface area contributed by atoms with Gasteiger partial charge in [-0.2, -0.15) is 0 Å². The average molecular weight is 1140 g/mol. The molecule has 2 saturated heterocycles. The van der Waals surface area contributed by atoms with Crippen LogP contribution in [0.2, 0.25) is 0 Å². The quantitative estimate of drug-likeness (QED) is 0.0324. The maximum Gasteiger partial charge on any atom is 0.246 e. The summed E-state index contributed by atoms with van der Waals surface area (Å²) in [5.41, 5.74) is 29.0. The molecule has 3 aliphatic rings. The van der Waals surface area contributed by atoms with Crippen molar-refractivity contribution < 1.29 is 52.7 Å². The number of primary amides is 3. The normalized spacial score (nSPS) is 23.8. The van der Waals surface area contributed by atoms with Crippen LogP contribution in [0.25, 0.3) is 10.9 Å². The van der Waals surface area contributed by atoms with Crippen LogP contribution in [0.4, 0.5) is 0 Å². The number of hydrogen-bond donors (Lipinski definition) is 13. The van der Waals surface area contributed by atoms with Crippen molar-refractivity contribution in [3.05, 3.63) is 36.0 Å². The molecule has 0 radical (unpaired) electrons. The van der Waals surface area contributed by atoms with Gasteiger partial charge in [-0.3, -0.25) is 57.7 Å². The Morgan fingerprint density at radius 1 is 0.810 bits per heavy atom. The SMILES string of the molecule is CC[C@H](C)[C@@H]1NC(=O)[C@@H](Cc2c[nH]c3ccccc23)NC(=O)CC2(CCCCC2)SSC[C@@H](C(=O)N2CCC[C@H]2C(=O)N[C@@H](CCCN=C(N)N)C(=O)N[C@@H](C)C(N)=O)NC(=O)[C@H](CC(N)=O)NC(=O)[C@H](CCC(N)=O)NC1=O. The summed E-state index contributed by atoms with van der Waals surface area (Å²) in [5, 5.41) is 19.6. The van der Waals surface area contributed by atoms with E-state index in [0.717, 1.165) is 35.7 Å². The minimum atomic E-state index is -1.75. The van der Waals surface area contributed by atoms with E-state index in [9.17, 15) is 52.7 Å². The van der Waals surface area contributed by atoms with Gasteiger partial charge in [0, 0.05) is 60.0 Å². The van der Waals surface area contributed by atoms with Crippen LogP contribution in [-0.2, 0) is 59.2 Å². The van der Waals surface area contributed by atoms with Gasteiger partial charge in [0.05, 0.1) is 6.42 Å². The number of guanidine groups is 1. The lowest BCUT2D eigenvalue weighted by atomic mass is 9.85. The number of fused-ring (bicyclic) bond motifs is 1. The first-order valence-electron chi connectivity index (χ1n) is 26.7. The highest BCUT2D eigenvalue weighted by Gasteiger charge is 2.43. The van der Waals surface area contributed by atoms with Crippen LogP contribution in [0.3, 0.4) is 0 Å². The molecular weight excluding hydrogens is 1060 g/mol. The van der Waals surface area contributed by atoms with Crippen molar-refractivity contribution in [2.24, 2.45) is 39.6 Å². The summed E-state index contributed by atoms with van der Waals surface area (Å²) in [7, 11) is 2.54. The van der Waals surface area contributed by atoms with Crippen molar-refractivity contribution in [2.45, 2.75) is 170 Å². The fourth-order valence-corrected chi connectivity index (χ4v) is 13.2. The number of hydrogen-bond acceptors (Lipinski definition) is 14. The van der Waals surface area contributed by atoms with E-state index in [2.05, 4.69) is 47.2 Å². The minimum Gasteiger partial charge on any atom is -0.370 e. The van der Waals surface area contributed by atoms with Crippen LogP contribution in [0.15, 0.2) is 35.5 Å². The molecule has 79 heavy (non-hydrogen) atoms. The zero-order valence-electron chi connectivity index (χ0n) is 44.9. The maximum absolute atomic E-state index is 15.0. The second-order valence-corrected chi connectivity index (χ2v) is 23.3. The third kappa shape index (κ3) is 18.5. The van der Waals surface area contributed by atoms with Crippen LogP contribution in [0.5, 0.6) is 0 Å². The Hall–Kier alpha value is -7.10. The topological polar surface area (TPSA) is 433 Å². The molecule has 1 aromatic heterocycles. The number of benzene rings is 1. The number of H-pyrrole nitrogens is 1. The van der Waals surface area contributed by atoms with Crippen molar-refractivity contribution in [3.8, 4) is 0 Å². The zero-order valence-corrected chi connectivity index (χ0v) is 46.5. The maximum atomic E-state index is 15.0. The Bertz CT molecular complexity index is 2590. The molecule has 1 saturated carbocycles. The van der Waals surface area contributed by atoms with Gasteiger partial charge in [-0.15, -0.1) is 0 Å². The number of aromatic nitrogens is 1. The molecule has 2 aromatic rings. The van der Waals surface area contributed by atoms with E-state index < -0.39 is 137 Å². The van der Waals surface area contributed by atoms with Gasteiger partial charge < -0.3 is 75.8 Å². The molecule has 28 heteroatoms. The van der Waals surface area contributed by atoms with Gasteiger partial charge in [-0.25, -0.2) is 0 Å². The Morgan fingerprint density at radius 2 is 1.49 bits per heavy atom. The zero-order chi connectivity index (χ0) is 58.0. The van der Waals surface area contributed by atoms with Crippen molar-refractivity contribution in [1.29, 1.82) is 0 Å². The molecule has 5 rings (SSSR count). The van der Waals surface area contributed by atoms with E-state index in [-0.39, 0.29) is 63.3 Å². The van der Waals surface area contributed by atoms with E-state index in [0.29, 0.717) is 25.7 Å². The molecule has 0 unspecified atom stereocenters. The molecule has 2 aliphatic heterocycles. The van der Waals surface area contributed by atoms with Crippen LogP contribution in [-0.4, -0.2) is 153 Å². The molecule has 1 aromatic carbocycles. The molecule has 0 bridgehead atoms. The van der Waals surface area contributed by atoms with Gasteiger partial charge in [0.1, 0.15) is 48.3 Å². The van der Waals surface area contributed by atoms with E-state index in [1.807, 2.05) is 24.3 Å². The number of nitrogens with two attached hydrogens (primary N) is 5. The van der Waals surface area contributed by atoms with Gasteiger partial charge >= 0.3 is 0 Å². The number of nitrogens with zero attached hydrogens (tertiary/aromatic N) is 2.